The molecule has 3 heterocycles. The predicted molar refractivity (Wildman–Crippen MR) is 69.4 cm³/mol. The summed E-state index contributed by atoms with van der Waals surface area (Å²) in [4.78, 5) is 22.7. The summed E-state index contributed by atoms with van der Waals surface area (Å²) in [5.74, 6) is 0.599. The minimum absolute atomic E-state index is 0.176. The van der Waals surface area contributed by atoms with Gasteiger partial charge in [-0.2, -0.15) is 0 Å². The highest BCUT2D eigenvalue weighted by Gasteiger charge is 2.45. The molecule has 100 valence electrons. The highest BCUT2D eigenvalue weighted by molar-refractivity contribution is 5.83. The predicted octanol–water partition coefficient (Wildman–Crippen LogP) is 1.90. The van der Waals surface area contributed by atoms with E-state index in [-0.39, 0.29) is 16.5 Å². The lowest BCUT2D eigenvalue weighted by molar-refractivity contribution is -0.943. The molecule has 0 unspecified atom stereocenters. The minimum atomic E-state index is -0.327. The lowest BCUT2D eigenvalue weighted by atomic mass is 9.84. The van der Waals surface area contributed by atoms with Gasteiger partial charge in [-0.1, -0.05) is 12.1 Å². The van der Waals surface area contributed by atoms with Crippen molar-refractivity contribution in [1.29, 1.82) is 0 Å². The van der Waals surface area contributed by atoms with E-state index in [0.29, 0.717) is 23.4 Å². The van der Waals surface area contributed by atoms with Crippen molar-refractivity contribution in [2.75, 3.05) is 19.6 Å². The third kappa shape index (κ3) is 2.14. The number of nitrogens with zero attached hydrogens (tertiary/aromatic N) is 2. The van der Waals surface area contributed by atoms with Gasteiger partial charge in [-0.3, -0.25) is 14.9 Å². The van der Waals surface area contributed by atoms with Gasteiger partial charge in [0, 0.05) is 24.8 Å². The Hall–Kier alpha value is -1.75. The van der Waals surface area contributed by atoms with E-state index in [1.54, 1.807) is 12.1 Å². The summed E-state index contributed by atoms with van der Waals surface area (Å²) in [6, 6.07) is 6.89. The van der Waals surface area contributed by atoms with Crippen LogP contribution in [0.25, 0.3) is 0 Å². The van der Waals surface area contributed by atoms with Crippen LogP contribution in [0, 0.1) is 16.0 Å². The molecule has 0 spiro atoms. The summed E-state index contributed by atoms with van der Waals surface area (Å²) >= 11 is 0. The van der Waals surface area contributed by atoms with E-state index in [0.717, 1.165) is 31.5 Å². The maximum atomic E-state index is 11.9. The number of piperidine rings is 3. The largest absolute Gasteiger partial charge is 0.313 e. The molecule has 1 aromatic rings. The average Bonchev–Trinajstić information content (AvgIpc) is 2.39. The second kappa shape index (κ2) is 4.42. The molecule has 0 amide bonds. The molecule has 0 atom stereocenters. The lowest BCUT2D eigenvalue weighted by Crippen LogP contribution is -2.61. The Labute approximate surface area is 111 Å². The summed E-state index contributed by atoms with van der Waals surface area (Å²) in [5, 5.41) is 11.1. The van der Waals surface area contributed by atoms with Gasteiger partial charge < -0.3 is 4.48 Å². The number of carbonyl (C=O) groups is 1. The van der Waals surface area contributed by atoms with Crippen LogP contribution in [-0.2, 0) is 11.3 Å². The minimum Gasteiger partial charge on any atom is -0.313 e. The highest BCUT2D eigenvalue weighted by Crippen LogP contribution is 2.34. The van der Waals surface area contributed by atoms with E-state index >= 15 is 0 Å². The molecule has 0 radical (unpaired) electrons. The zero-order valence-corrected chi connectivity index (χ0v) is 10.7. The molecular formula is C14H17N2O3+. The monoisotopic (exact) mass is 261 g/mol. The van der Waals surface area contributed by atoms with Crippen molar-refractivity contribution in [2.24, 2.45) is 5.92 Å². The van der Waals surface area contributed by atoms with Crippen LogP contribution < -0.4 is 0 Å². The number of hydrogen-bond acceptors (Lipinski definition) is 3. The van der Waals surface area contributed by atoms with Gasteiger partial charge in [0.05, 0.1) is 23.6 Å². The molecule has 0 saturated carbocycles. The van der Waals surface area contributed by atoms with Crippen LogP contribution in [0.3, 0.4) is 0 Å². The Bertz CT molecular complexity index is 533. The second-order valence-electron chi connectivity index (χ2n) is 5.73. The zero-order chi connectivity index (χ0) is 13.5. The van der Waals surface area contributed by atoms with Crippen LogP contribution in [0.15, 0.2) is 24.3 Å². The standard InChI is InChI=1S/C14H17N2O3/c17-14-10-16(7-5-11(14)6-8-16)9-12-3-1-2-4-13(12)15(18)19/h1-4,11H,5-10H2/q+1. The fraction of sp³-hybridized carbons (Fsp3) is 0.500. The first-order valence-electron chi connectivity index (χ1n) is 6.70. The van der Waals surface area contributed by atoms with Crippen LogP contribution in [-0.4, -0.2) is 34.8 Å². The van der Waals surface area contributed by atoms with Gasteiger partial charge in [0.2, 0.25) is 0 Å². The summed E-state index contributed by atoms with van der Waals surface area (Å²) in [7, 11) is 0. The number of hydrogen-bond donors (Lipinski definition) is 0. The number of rotatable bonds is 3. The van der Waals surface area contributed by atoms with E-state index in [1.807, 2.05) is 12.1 Å². The number of carbonyl (C=O) groups excluding carboxylic acids is 1. The van der Waals surface area contributed by atoms with Crippen LogP contribution in [0.5, 0.6) is 0 Å². The van der Waals surface area contributed by atoms with Gasteiger partial charge in [-0.25, -0.2) is 0 Å². The Balaban J connectivity index is 1.89. The van der Waals surface area contributed by atoms with Gasteiger partial charge in [-0.15, -0.1) is 0 Å². The van der Waals surface area contributed by atoms with Crippen molar-refractivity contribution in [1.82, 2.24) is 0 Å². The van der Waals surface area contributed by atoms with Gasteiger partial charge >= 0.3 is 0 Å². The maximum absolute atomic E-state index is 11.9. The molecule has 3 fully saturated rings. The van der Waals surface area contributed by atoms with Crippen LogP contribution >= 0.6 is 0 Å². The van der Waals surface area contributed by atoms with Crippen molar-refractivity contribution >= 4 is 11.5 Å². The van der Waals surface area contributed by atoms with Crippen molar-refractivity contribution < 1.29 is 14.2 Å². The topological polar surface area (TPSA) is 60.2 Å². The molecular weight excluding hydrogens is 244 g/mol. The first-order chi connectivity index (χ1) is 9.10. The normalized spacial score (nSPS) is 29.5. The number of Topliss-reactive ketones (excluding diaryl/α,β-unsaturated/α-hetero) is 1. The molecule has 0 aromatic heterocycles. The van der Waals surface area contributed by atoms with Crippen molar-refractivity contribution in [3.8, 4) is 0 Å². The Morgan fingerprint density at radius 1 is 1.26 bits per heavy atom. The first kappa shape index (κ1) is 12.3. The lowest BCUT2D eigenvalue weighted by Gasteiger charge is -2.47. The Kier molecular flexibility index (Phi) is 2.86. The SMILES string of the molecule is O=C1C[N+]2(Cc3ccccc3[N+](=O)[O-])CCC1CC2. The summed E-state index contributed by atoms with van der Waals surface area (Å²) < 4.78 is 0.709. The first-order valence-corrected chi connectivity index (χ1v) is 6.70. The van der Waals surface area contributed by atoms with Gasteiger partial charge in [0.1, 0.15) is 13.1 Å². The van der Waals surface area contributed by atoms with Crippen LogP contribution in [0.1, 0.15) is 18.4 Å². The molecule has 3 aliphatic heterocycles. The number of nitro benzene ring substituents is 1. The quantitative estimate of drug-likeness (QED) is 0.474. The number of nitro groups is 1. The molecule has 5 nitrogen and oxygen atoms in total. The number of para-hydroxylation sites is 1. The van der Waals surface area contributed by atoms with E-state index in [1.165, 1.54) is 0 Å². The van der Waals surface area contributed by atoms with Gasteiger partial charge in [-0.05, 0) is 6.07 Å². The third-order valence-electron chi connectivity index (χ3n) is 4.54. The zero-order valence-electron chi connectivity index (χ0n) is 10.7. The van der Waals surface area contributed by atoms with Crippen molar-refractivity contribution in [2.45, 2.75) is 19.4 Å². The van der Waals surface area contributed by atoms with E-state index < -0.39 is 0 Å². The van der Waals surface area contributed by atoms with E-state index in [9.17, 15) is 14.9 Å². The highest BCUT2D eigenvalue weighted by atomic mass is 16.6. The average molecular weight is 261 g/mol. The van der Waals surface area contributed by atoms with Gasteiger partial charge in [0.25, 0.3) is 5.69 Å². The van der Waals surface area contributed by atoms with E-state index in [2.05, 4.69) is 0 Å². The fourth-order valence-electron chi connectivity index (χ4n) is 3.45. The second-order valence-corrected chi connectivity index (χ2v) is 5.73. The maximum Gasteiger partial charge on any atom is 0.278 e. The molecule has 0 aliphatic carbocycles. The number of quaternary nitrogens is 1. The van der Waals surface area contributed by atoms with Crippen molar-refractivity contribution in [3.63, 3.8) is 0 Å². The Morgan fingerprint density at radius 2 is 1.95 bits per heavy atom. The molecule has 3 aliphatic rings. The molecule has 0 N–H and O–H groups in total. The summed E-state index contributed by atoms with van der Waals surface area (Å²) in [6.07, 6.45) is 1.89. The fourth-order valence-corrected chi connectivity index (χ4v) is 3.45. The molecule has 5 heteroatoms. The van der Waals surface area contributed by atoms with Crippen LogP contribution in [0.4, 0.5) is 5.69 Å². The molecule has 1 aromatic carbocycles. The van der Waals surface area contributed by atoms with Crippen LogP contribution in [0.2, 0.25) is 0 Å². The molecule has 2 bridgehead atoms. The van der Waals surface area contributed by atoms with Crippen molar-refractivity contribution in [3.05, 3.63) is 39.9 Å². The molecule has 4 rings (SSSR count). The summed E-state index contributed by atoms with van der Waals surface area (Å²) in [5.41, 5.74) is 0.927. The number of ketones is 1. The smallest absolute Gasteiger partial charge is 0.278 e. The third-order valence-corrected chi connectivity index (χ3v) is 4.54. The van der Waals surface area contributed by atoms with Gasteiger partial charge in [0.15, 0.2) is 5.78 Å². The number of benzene rings is 1. The Morgan fingerprint density at radius 3 is 2.58 bits per heavy atom. The van der Waals surface area contributed by atoms with E-state index in [4.69, 9.17) is 0 Å². The number of fused-ring (bicyclic) bond motifs is 3. The summed E-state index contributed by atoms with van der Waals surface area (Å²) in [6.45, 7) is 3.11. The molecule has 3 saturated heterocycles. The molecule has 19 heavy (non-hydrogen) atoms.